The summed E-state index contributed by atoms with van der Waals surface area (Å²) in [6, 6.07) is 10.4. The van der Waals surface area contributed by atoms with E-state index in [1.165, 1.54) is 22.5 Å². The van der Waals surface area contributed by atoms with Crippen LogP contribution in [0.15, 0.2) is 30.3 Å². The molecule has 3 heterocycles. The number of piperazine rings is 1. The molecule has 0 spiro atoms. The smallest absolute Gasteiger partial charge is 0.264 e. The number of thiophene rings is 1. The number of hydrogen-bond acceptors (Lipinski definition) is 6. The minimum absolute atomic E-state index is 0.0222. The van der Waals surface area contributed by atoms with Crippen molar-refractivity contribution in [2.45, 2.75) is 26.8 Å². The Balaban J connectivity index is 1.34. The van der Waals surface area contributed by atoms with Crippen LogP contribution in [-0.4, -0.2) is 84.4 Å². The van der Waals surface area contributed by atoms with Gasteiger partial charge < -0.3 is 15.0 Å². The first kappa shape index (κ1) is 24.4. The first-order valence-electron chi connectivity index (χ1n) is 11.7. The molecular weight excluding hydrogens is 450 g/mol. The molecule has 1 aliphatic heterocycles. The minimum atomic E-state index is 0.0222. The fraction of sp³-hybridized carbons (Fsp3) is 0.480. The Bertz CT molecular complexity index is 1130. The number of benzene rings is 1. The Hall–Kier alpha value is -2.75. The summed E-state index contributed by atoms with van der Waals surface area (Å²) in [4.78, 5) is 31.1. The number of aromatic nitrogens is 2. The van der Waals surface area contributed by atoms with E-state index in [0.717, 1.165) is 27.2 Å². The molecule has 2 aromatic heterocycles. The zero-order valence-corrected chi connectivity index (χ0v) is 21.0. The van der Waals surface area contributed by atoms with Crippen LogP contribution in [0.1, 0.15) is 32.9 Å². The number of methoxy groups -OCH3 is 1. The average Bonchev–Trinajstić information content (AvgIpc) is 3.39. The summed E-state index contributed by atoms with van der Waals surface area (Å²) < 4.78 is 7.00. The summed E-state index contributed by atoms with van der Waals surface area (Å²) in [5, 5.41) is 8.67. The largest absolute Gasteiger partial charge is 0.385 e. The quantitative estimate of drug-likeness (QED) is 0.474. The van der Waals surface area contributed by atoms with Gasteiger partial charge >= 0.3 is 0 Å². The van der Waals surface area contributed by atoms with Gasteiger partial charge in [-0.2, -0.15) is 5.10 Å². The molecule has 0 unspecified atom stereocenters. The van der Waals surface area contributed by atoms with Gasteiger partial charge in [0.2, 0.25) is 5.91 Å². The summed E-state index contributed by atoms with van der Waals surface area (Å²) in [5.41, 5.74) is 3.37. The van der Waals surface area contributed by atoms with Gasteiger partial charge in [0.25, 0.3) is 5.91 Å². The van der Waals surface area contributed by atoms with Crippen LogP contribution in [0.5, 0.6) is 0 Å². The Labute approximate surface area is 204 Å². The molecule has 4 rings (SSSR count). The Kier molecular flexibility index (Phi) is 7.97. The van der Waals surface area contributed by atoms with Crippen molar-refractivity contribution in [1.29, 1.82) is 0 Å². The van der Waals surface area contributed by atoms with Crippen molar-refractivity contribution in [1.82, 2.24) is 24.9 Å². The lowest BCUT2D eigenvalue weighted by Crippen LogP contribution is -2.51. The second-order valence-corrected chi connectivity index (χ2v) is 9.85. The van der Waals surface area contributed by atoms with Gasteiger partial charge in [-0.25, -0.2) is 0 Å². The summed E-state index contributed by atoms with van der Waals surface area (Å²) in [5.74, 6) is 0.0835. The van der Waals surface area contributed by atoms with Gasteiger partial charge in [0, 0.05) is 51.8 Å². The van der Waals surface area contributed by atoms with Gasteiger partial charge in [-0.3, -0.25) is 19.2 Å². The van der Waals surface area contributed by atoms with E-state index in [-0.39, 0.29) is 11.8 Å². The van der Waals surface area contributed by atoms with Crippen LogP contribution in [-0.2, 0) is 16.1 Å². The number of amides is 2. The van der Waals surface area contributed by atoms with E-state index in [2.05, 4.69) is 41.4 Å². The predicted octanol–water partition coefficient (Wildman–Crippen LogP) is 2.67. The number of rotatable bonds is 9. The van der Waals surface area contributed by atoms with Crippen molar-refractivity contribution in [3.63, 3.8) is 0 Å². The molecule has 2 amide bonds. The molecule has 182 valence electrons. The van der Waals surface area contributed by atoms with E-state index < -0.39 is 0 Å². The first-order chi connectivity index (χ1) is 16.4. The molecule has 1 aromatic carbocycles. The maximum Gasteiger partial charge on any atom is 0.264 e. The van der Waals surface area contributed by atoms with E-state index >= 15 is 0 Å². The molecular formula is C25H33N5O3S. The van der Waals surface area contributed by atoms with Gasteiger partial charge in [0.05, 0.1) is 23.7 Å². The molecule has 9 heteroatoms. The molecule has 8 nitrogen and oxygen atoms in total. The zero-order valence-electron chi connectivity index (χ0n) is 20.2. The third-order valence-corrected chi connectivity index (χ3v) is 7.28. The summed E-state index contributed by atoms with van der Waals surface area (Å²) in [6.07, 6.45) is 0.807. The summed E-state index contributed by atoms with van der Waals surface area (Å²) in [7, 11) is 1.66. The average molecular weight is 484 g/mol. The minimum Gasteiger partial charge on any atom is -0.385 e. The van der Waals surface area contributed by atoms with E-state index in [1.807, 2.05) is 22.6 Å². The first-order valence-corrected chi connectivity index (χ1v) is 12.6. The van der Waals surface area contributed by atoms with Crippen molar-refractivity contribution >= 4 is 33.4 Å². The molecule has 0 radical (unpaired) electrons. The van der Waals surface area contributed by atoms with Crippen LogP contribution >= 0.6 is 11.3 Å². The maximum absolute atomic E-state index is 13.2. The molecule has 34 heavy (non-hydrogen) atoms. The molecule has 1 saturated heterocycles. The normalized spacial score (nSPS) is 14.6. The number of aryl methyl sites for hydroxylation is 2. The van der Waals surface area contributed by atoms with Gasteiger partial charge in [-0.1, -0.05) is 29.8 Å². The number of fused-ring (bicyclic) bond motifs is 1. The van der Waals surface area contributed by atoms with Crippen LogP contribution in [0.25, 0.3) is 10.2 Å². The molecule has 0 bridgehead atoms. The highest BCUT2D eigenvalue weighted by atomic mass is 32.1. The lowest BCUT2D eigenvalue weighted by Gasteiger charge is -2.34. The highest BCUT2D eigenvalue weighted by Crippen LogP contribution is 2.30. The maximum atomic E-state index is 13.2. The topological polar surface area (TPSA) is 79.7 Å². The third-order valence-electron chi connectivity index (χ3n) is 6.15. The molecule has 0 saturated carbocycles. The molecule has 0 atom stereocenters. The van der Waals surface area contributed by atoms with Crippen LogP contribution in [0.4, 0.5) is 0 Å². The number of carbonyl (C=O) groups excluding carboxylic acids is 2. The van der Waals surface area contributed by atoms with Crippen LogP contribution in [0, 0.1) is 13.8 Å². The number of hydrogen-bond donors (Lipinski definition) is 1. The van der Waals surface area contributed by atoms with E-state index in [1.54, 1.807) is 7.11 Å². The summed E-state index contributed by atoms with van der Waals surface area (Å²) >= 11 is 1.51. The molecule has 1 N–H and O–H groups in total. The SMILES string of the molecule is COCCCNC(=O)CN1CCN(C(=O)c2cc3c(C)nn(Cc4ccc(C)cc4)c3s2)CC1. The number of carbonyl (C=O) groups is 2. The van der Waals surface area contributed by atoms with Crippen LogP contribution in [0.2, 0.25) is 0 Å². The van der Waals surface area contributed by atoms with Crippen molar-refractivity contribution < 1.29 is 14.3 Å². The van der Waals surface area contributed by atoms with Crippen LogP contribution in [0.3, 0.4) is 0 Å². The third kappa shape index (κ3) is 5.84. The van der Waals surface area contributed by atoms with Gasteiger partial charge in [-0.15, -0.1) is 11.3 Å². The Morgan fingerprint density at radius 1 is 1.12 bits per heavy atom. The second kappa shape index (κ2) is 11.1. The fourth-order valence-electron chi connectivity index (χ4n) is 4.16. The van der Waals surface area contributed by atoms with Crippen molar-refractivity contribution in [3.05, 3.63) is 52.0 Å². The molecule has 3 aromatic rings. The fourth-order valence-corrected chi connectivity index (χ4v) is 5.29. The van der Waals surface area contributed by atoms with E-state index in [9.17, 15) is 9.59 Å². The van der Waals surface area contributed by atoms with Gasteiger partial charge in [-0.05, 0) is 31.9 Å². The molecule has 1 fully saturated rings. The highest BCUT2D eigenvalue weighted by Gasteiger charge is 2.25. The zero-order chi connectivity index (χ0) is 24.1. The van der Waals surface area contributed by atoms with E-state index in [4.69, 9.17) is 9.84 Å². The van der Waals surface area contributed by atoms with E-state index in [0.29, 0.717) is 52.4 Å². The van der Waals surface area contributed by atoms with Crippen LogP contribution < -0.4 is 5.32 Å². The highest BCUT2D eigenvalue weighted by molar-refractivity contribution is 7.20. The Morgan fingerprint density at radius 3 is 2.56 bits per heavy atom. The van der Waals surface area contributed by atoms with Crippen molar-refractivity contribution in [3.8, 4) is 0 Å². The van der Waals surface area contributed by atoms with Gasteiger partial charge in [0.15, 0.2) is 0 Å². The predicted molar refractivity (Wildman–Crippen MR) is 134 cm³/mol. The molecule has 0 aliphatic carbocycles. The summed E-state index contributed by atoms with van der Waals surface area (Å²) in [6.45, 7) is 9.03. The second-order valence-electron chi connectivity index (χ2n) is 8.82. The standard InChI is InChI=1S/C25H33N5O3S/c1-18-5-7-20(8-6-18)16-30-25-21(19(2)27-30)15-22(34-25)24(32)29-12-10-28(11-13-29)17-23(31)26-9-4-14-33-3/h5-8,15H,4,9-14,16-17H2,1-3H3,(H,26,31). The van der Waals surface area contributed by atoms with Crippen molar-refractivity contribution in [2.24, 2.45) is 0 Å². The monoisotopic (exact) mass is 483 g/mol. The number of nitrogens with one attached hydrogen (secondary N) is 1. The number of nitrogens with zero attached hydrogens (tertiary/aromatic N) is 4. The van der Waals surface area contributed by atoms with Gasteiger partial charge in [0.1, 0.15) is 4.83 Å². The number of ether oxygens (including phenoxy) is 1. The Morgan fingerprint density at radius 2 is 1.85 bits per heavy atom. The molecule has 1 aliphatic rings. The lowest BCUT2D eigenvalue weighted by molar-refractivity contribution is -0.122. The lowest BCUT2D eigenvalue weighted by atomic mass is 10.1. The van der Waals surface area contributed by atoms with Crippen molar-refractivity contribution in [2.75, 3.05) is 53.0 Å².